The quantitative estimate of drug-likeness (QED) is 0.0774. The van der Waals surface area contributed by atoms with Crippen LogP contribution < -0.4 is 4.74 Å². The maximum absolute atomic E-state index is 5.69. The van der Waals surface area contributed by atoms with Crippen LogP contribution in [-0.2, 0) is 55.8 Å². The van der Waals surface area contributed by atoms with Gasteiger partial charge in [-0.05, 0) is 226 Å². The highest BCUT2D eigenvalue weighted by Crippen LogP contribution is 2.22. The second kappa shape index (κ2) is 66.6. The third kappa shape index (κ3) is 83.1. The van der Waals surface area contributed by atoms with Gasteiger partial charge in [0.15, 0.2) is 0 Å². The summed E-state index contributed by atoms with van der Waals surface area (Å²) in [6, 6.07) is 30.3. The first-order valence-corrected chi connectivity index (χ1v) is 35.4. The van der Waals surface area contributed by atoms with Crippen LogP contribution in [-0.4, -0.2) is 106 Å². The molecule has 526 valence electrons. The van der Waals surface area contributed by atoms with Crippen LogP contribution >= 0.6 is 0 Å². The fourth-order valence-corrected chi connectivity index (χ4v) is 7.57. The Balaban J connectivity index is -0.000000296. The summed E-state index contributed by atoms with van der Waals surface area (Å²) in [6.45, 7) is 59.1. The Morgan fingerprint density at radius 3 is 1.02 bits per heavy atom. The van der Waals surface area contributed by atoms with Gasteiger partial charge in [0.1, 0.15) is 5.75 Å². The van der Waals surface area contributed by atoms with Gasteiger partial charge in [0, 0.05) is 33.5 Å². The maximum atomic E-state index is 5.69. The van der Waals surface area contributed by atoms with Gasteiger partial charge in [-0.25, -0.2) is 0 Å². The zero-order valence-corrected chi connectivity index (χ0v) is 63.6. The molecule has 2 saturated carbocycles. The van der Waals surface area contributed by atoms with Crippen molar-refractivity contribution in [1.29, 1.82) is 0 Å². The monoisotopic (exact) mass is 1260 g/mol. The molecule has 0 aromatic heterocycles. The van der Waals surface area contributed by atoms with Gasteiger partial charge in [-0.15, -0.1) is 0 Å². The molecule has 2 fully saturated rings. The van der Waals surface area contributed by atoms with Gasteiger partial charge in [-0.1, -0.05) is 159 Å². The van der Waals surface area contributed by atoms with Crippen LogP contribution in [0.2, 0.25) is 0 Å². The topological polar surface area (TPSA) is 92.3 Å². The summed E-state index contributed by atoms with van der Waals surface area (Å²) < 4.78 is 53.9. The zero-order valence-electron chi connectivity index (χ0n) is 63.6. The normalized spacial score (nSPS) is 14.0. The Kier molecular flexibility index (Phi) is 70.9. The molecule has 5 rings (SSSR count). The number of hydrogen-bond donors (Lipinski definition) is 0. The molecule has 0 amide bonds. The summed E-state index contributed by atoms with van der Waals surface area (Å²) in [5.41, 5.74) is 2.58. The molecule has 2 aliphatic carbocycles. The van der Waals surface area contributed by atoms with Crippen molar-refractivity contribution in [3.8, 4) is 5.75 Å². The largest absolute Gasteiger partial charge is 0.491 e. The maximum Gasteiger partial charge on any atom is 0.119 e. The molecular formula is C79H150O10. The molecule has 0 spiro atoms. The van der Waals surface area contributed by atoms with Gasteiger partial charge < -0.3 is 47.4 Å². The number of benzene rings is 3. The van der Waals surface area contributed by atoms with Crippen molar-refractivity contribution in [3.63, 3.8) is 0 Å². The third-order valence-corrected chi connectivity index (χ3v) is 12.6. The van der Waals surface area contributed by atoms with Gasteiger partial charge >= 0.3 is 0 Å². The molecule has 0 N–H and O–H groups in total. The molecule has 10 nitrogen and oxygen atoms in total. The summed E-state index contributed by atoms with van der Waals surface area (Å²) in [5, 5.41) is 0. The highest BCUT2D eigenvalue weighted by molar-refractivity contribution is 5.21. The van der Waals surface area contributed by atoms with Crippen LogP contribution in [0.1, 0.15) is 294 Å². The van der Waals surface area contributed by atoms with Crippen molar-refractivity contribution in [1.82, 2.24) is 0 Å². The lowest BCUT2D eigenvalue weighted by molar-refractivity contribution is -0.0118. The van der Waals surface area contributed by atoms with Crippen LogP contribution in [0.5, 0.6) is 5.75 Å². The molecule has 3 unspecified atom stereocenters. The van der Waals surface area contributed by atoms with E-state index in [0.717, 1.165) is 77.5 Å². The molecule has 0 saturated heterocycles. The van der Waals surface area contributed by atoms with Gasteiger partial charge in [-0.2, -0.15) is 0 Å². The number of methoxy groups -OCH3 is 1. The van der Waals surface area contributed by atoms with Crippen LogP contribution in [0.25, 0.3) is 0 Å². The molecule has 0 heterocycles. The van der Waals surface area contributed by atoms with Crippen molar-refractivity contribution in [2.75, 3.05) is 33.5 Å². The van der Waals surface area contributed by atoms with Gasteiger partial charge in [0.05, 0.1) is 85.5 Å². The van der Waals surface area contributed by atoms with Crippen molar-refractivity contribution >= 4 is 0 Å². The third-order valence-electron chi connectivity index (χ3n) is 12.6. The van der Waals surface area contributed by atoms with E-state index in [1.54, 1.807) is 7.11 Å². The molecular weight excluding hydrogens is 1110 g/mol. The number of ether oxygens (including phenoxy) is 10. The van der Waals surface area contributed by atoms with E-state index >= 15 is 0 Å². The Labute approximate surface area is 554 Å². The van der Waals surface area contributed by atoms with E-state index in [-0.39, 0.29) is 17.3 Å². The second-order valence-electron chi connectivity index (χ2n) is 26.2. The minimum atomic E-state index is 0.0417. The minimum Gasteiger partial charge on any atom is -0.491 e. The highest BCUT2D eigenvalue weighted by atomic mass is 16.5. The van der Waals surface area contributed by atoms with E-state index in [2.05, 4.69) is 149 Å². The molecule has 89 heavy (non-hydrogen) atoms. The molecule has 0 aliphatic heterocycles. The summed E-state index contributed by atoms with van der Waals surface area (Å²) >= 11 is 0. The van der Waals surface area contributed by atoms with Crippen molar-refractivity contribution in [3.05, 3.63) is 102 Å². The summed E-state index contributed by atoms with van der Waals surface area (Å²) in [5.74, 6) is 0.942. The Hall–Kier alpha value is -2.90. The Bertz CT molecular complexity index is 1750. The lowest BCUT2D eigenvalue weighted by Gasteiger charge is -2.23. The highest BCUT2D eigenvalue weighted by Gasteiger charge is 2.16. The molecule has 0 bridgehead atoms. The Morgan fingerprint density at radius 2 is 0.730 bits per heavy atom. The van der Waals surface area contributed by atoms with E-state index in [4.69, 9.17) is 47.4 Å². The summed E-state index contributed by atoms with van der Waals surface area (Å²) in [7, 11) is 1.71. The molecule has 3 atom stereocenters. The first-order chi connectivity index (χ1) is 42.0. The van der Waals surface area contributed by atoms with E-state index in [1.807, 2.05) is 122 Å². The number of hydrogen-bond acceptors (Lipinski definition) is 10. The Morgan fingerprint density at radius 1 is 0.382 bits per heavy atom. The summed E-state index contributed by atoms with van der Waals surface area (Å²) in [4.78, 5) is 0. The SMILES string of the molecule is CC(C)OC1CCCC1.CC(C)OC1CCCCC1.CC(C)OCc1ccccc1.CC(C)Oc1ccccc1.CCC(C)OCc1ccccc1.CCCOC(C)C.CCCOC(C)CC.CCCOC(C)CCC.CCOC(C)(C)C.COC(C)(C)C. The van der Waals surface area contributed by atoms with Crippen LogP contribution in [0.4, 0.5) is 0 Å². The van der Waals surface area contributed by atoms with Crippen molar-refractivity contribution < 1.29 is 47.4 Å². The van der Waals surface area contributed by atoms with E-state index < -0.39 is 0 Å². The van der Waals surface area contributed by atoms with Crippen LogP contribution in [0.15, 0.2) is 91.0 Å². The minimum absolute atomic E-state index is 0.0417. The lowest BCUT2D eigenvalue weighted by Crippen LogP contribution is -2.20. The molecule has 2 aliphatic rings. The van der Waals surface area contributed by atoms with Gasteiger partial charge in [0.25, 0.3) is 0 Å². The fraction of sp³-hybridized carbons (Fsp3) is 0.772. The zero-order chi connectivity index (χ0) is 68.7. The predicted octanol–water partition coefficient (Wildman–Crippen LogP) is 23.1. The first-order valence-electron chi connectivity index (χ1n) is 35.4. The van der Waals surface area contributed by atoms with Crippen LogP contribution in [0.3, 0.4) is 0 Å². The molecule has 10 heteroatoms. The van der Waals surface area contributed by atoms with E-state index in [0.29, 0.717) is 54.9 Å². The molecule has 3 aromatic rings. The number of rotatable bonds is 26. The molecule has 0 radical (unpaired) electrons. The van der Waals surface area contributed by atoms with Gasteiger partial charge in [0.2, 0.25) is 0 Å². The first kappa shape index (κ1) is 94.8. The predicted molar refractivity (Wildman–Crippen MR) is 387 cm³/mol. The fourth-order valence-electron chi connectivity index (χ4n) is 7.57. The average molecular weight is 1260 g/mol. The average Bonchev–Trinajstić information content (AvgIpc) is 4.12. The number of para-hydroxylation sites is 1. The van der Waals surface area contributed by atoms with E-state index in [9.17, 15) is 0 Å². The summed E-state index contributed by atoms with van der Waals surface area (Å²) in [6.07, 6.45) is 24.4. The van der Waals surface area contributed by atoms with E-state index in [1.165, 1.54) is 81.8 Å². The smallest absolute Gasteiger partial charge is 0.119 e. The van der Waals surface area contributed by atoms with Crippen LogP contribution in [0, 0.1) is 0 Å². The van der Waals surface area contributed by atoms with Crippen molar-refractivity contribution in [2.24, 2.45) is 0 Å². The molecule has 3 aromatic carbocycles. The standard InChI is InChI=1S/C11H16O.C10H14O.C9H18O.C9H12O.C8H16O.C8H18O.C7H16O.2C6H14O.C5H12O/c1-3-10(2)12-9-11-7-5-4-6-8-11;1-9(2)11-8-10-6-4-3-5-7-10;2*1-8(2)10-9-6-4-3-5-7-9;1-7(2)9-8-5-3-4-6-8;1-4-6-8(3)9-7-5-2;1-4-6-8-7(3)5-2;1-5-7-6(2,3)4;1-4-5-7-6(2)3;1-5(2,3)6-4/h4-8,10H,3,9H2,1-2H3;3-7,9H,8H2,1-2H3;8-9H,3-7H2,1-2H3;3-8H,1-2H3;7-8H,3-6H2,1-2H3;8H,4-7H2,1-3H3;7H,4-6H2,1-3H3;5H2,1-4H3;6H,4-5H2,1-3H3;1-4H3. The second-order valence-corrected chi connectivity index (χ2v) is 26.2. The van der Waals surface area contributed by atoms with Gasteiger partial charge in [-0.3, -0.25) is 0 Å². The van der Waals surface area contributed by atoms with Crippen molar-refractivity contribution in [2.45, 2.75) is 368 Å². The lowest BCUT2D eigenvalue weighted by atomic mass is 9.98.